The Morgan fingerprint density at radius 2 is 2.45 bits per heavy atom. The van der Waals surface area contributed by atoms with Crippen LogP contribution in [0.5, 0.6) is 0 Å². The maximum absolute atomic E-state index is 10.7. The van der Waals surface area contributed by atoms with E-state index in [1.54, 1.807) is 0 Å². The molecule has 4 heteroatoms. The minimum Gasteiger partial charge on any atom is -0.395 e. The Morgan fingerprint density at radius 1 is 1.64 bits per heavy atom. The molecule has 0 bridgehead atoms. The van der Waals surface area contributed by atoms with Gasteiger partial charge >= 0.3 is 5.76 Å². The van der Waals surface area contributed by atoms with E-state index in [2.05, 4.69) is 16.4 Å². The molecule has 0 amide bonds. The second kappa shape index (κ2) is 3.95. The lowest BCUT2D eigenvalue weighted by Crippen LogP contribution is -2.15. The van der Waals surface area contributed by atoms with Crippen LogP contribution in [-0.2, 0) is 6.54 Å². The standard InChI is InChI=1S/C7H12N2O2/c1-2-3-4-5-9-7(10)11-6-8-9/h6H,2-5H2,1H3. The smallest absolute Gasteiger partial charge is 0.395 e. The first-order valence-corrected chi connectivity index (χ1v) is 3.85. The molecule has 11 heavy (non-hydrogen) atoms. The summed E-state index contributed by atoms with van der Waals surface area (Å²) in [5.74, 6) is -0.360. The third-order valence-electron chi connectivity index (χ3n) is 1.52. The van der Waals surface area contributed by atoms with E-state index in [9.17, 15) is 4.79 Å². The molecule has 0 aromatic carbocycles. The molecule has 1 aromatic heterocycles. The second-order valence-electron chi connectivity index (χ2n) is 2.43. The highest BCUT2D eigenvalue weighted by Crippen LogP contribution is 1.94. The number of aryl methyl sites for hydroxylation is 1. The van der Waals surface area contributed by atoms with Crippen LogP contribution in [0.3, 0.4) is 0 Å². The SMILES string of the molecule is CCCCCn1ncoc1=O. The monoisotopic (exact) mass is 156 g/mol. The van der Waals surface area contributed by atoms with Gasteiger partial charge in [-0.1, -0.05) is 19.8 Å². The summed E-state index contributed by atoms with van der Waals surface area (Å²) in [5.41, 5.74) is 0. The van der Waals surface area contributed by atoms with E-state index in [-0.39, 0.29) is 5.76 Å². The summed E-state index contributed by atoms with van der Waals surface area (Å²) >= 11 is 0. The molecule has 0 fully saturated rings. The fraction of sp³-hybridized carbons (Fsp3) is 0.714. The van der Waals surface area contributed by atoms with Crippen LogP contribution in [0.2, 0.25) is 0 Å². The Balaban J connectivity index is 2.39. The Kier molecular flexibility index (Phi) is 2.89. The number of hydrogen-bond acceptors (Lipinski definition) is 3. The average molecular weight is 156 g/mol. The van der Waals surface area contributed by atoms with Gasteiger partial charge in [0.05, 0.1) is 0 Å². The van der Waals surface area contributed by atoms with E-state index in [0.717, 1.165) is 19.3 Å². The normalized spacial score (nSPS) is 10.3. The van der Waals surface area contributed by atoms with Crippen LogP contribution in [0.1, 0.15) is 26.2 Å². The maximum Gasteiger partial charge on any atom is 0.436 e. The van der Waals surface area contributed by atoms with Crippen molar-refractivity contribution in [1.29, 1.82) is 0 Å². The molecule has 0 spiro atoms. The van der Waals surface area contributed by atoms with Crippen molar-refractivity contribution in [3.8, 4) is 0 Å². The first-order valence-electron chi connectivity index (χ1n) is 3.85. The predicted molar refractivity (Wildman–Crippen MR) is 40.3 cm³/mol. The molecule has 0 radical (unpaired) electrons. The lowest BCUT2D eigenvalue weighted by molar-refractivity contribution is 0.462. The second-order valence-corrected chi connectivity index (χ2v) is 2.43. The molecule has 0 aliphatic heterocycles. The number of nitrogens with zero attached hydrogens (tertiary/aromatic N) is 2. The Hall–Kier alpha value is -1.06. The molecule has 1 rings (SSSR count). The van der Waals surface area contributed by atoms with E-state index in [4.69, 9.17) is 0 Å². The van der Waals surface area contributed by atoms with E-state index < -0.39 is 0 Å². The van der Waals surface area contributed by atoms with Crippen LogP contribution in [-0.4, -0.2) is 9.78 Å². The van der Waals surface area contributed by atoms with Crippen LogP contribution < -0.4 is 5.76 Å². The van der Waals surface area contributed by atoms with E-state index in [1.165, 1.54) is 11.1 Å². The van der Waals surface area contributed by atoms with Crippen molar-refractivity contribution in [2.75, 3.05) is 0 Å². The summed E-state index contributed by atoms with van der Waals surface area (Å²) in [5, 5.41) is 3.73. The molecule has 1 aromatic rings. The van der Waals surface area contributed by atoms with Crippen molar-refractivity contribution in [2.24, 2.45) is 0 Å². The molecule has 4 nitrogen and oxygen atoms in total. The molecule has 0 aliphatic carbocycles. The lowest BCUT2D eigenvalue weighted by atomic mass is 10.2. The van der Waals surface area contributed by atoms with Crippen molar-refractivity contribution in [2.45, 2.75) is 32.7 Å². The van der Waals surface area contributed by atoms with Crippen LogP contribution in [0.25, 0.3) is 0 Å². The largest absolute Gasteiger partial charge is 0.436 e. The zero-order valence-electron chi connectivity index (χ0n) is 6.62. The molecule has 0 saturated carbocycles. The molecular weight excluding hydrogens is 144 g/mol. The summed E-state index contributed by atoms with van der Waals surface area (Å²) in [7, 11) is 0. The van der Waals surface area contributed by atoms with Gasteiger partial charge in [0.25, 0.3) is 0 Å². The van der Waals surface area contributed by atoms with Crippen LogP contribution in [0.15, 0.2) is 15.6 Å². The van der Waals surface area contributed by atoms with E-state index >= 15 is 0 Å². The summed E-state index contributed by atoms with van der Waals surface area (Å²) in [4.78, 5) is 10.7. The van der Waals surface area contributed by atoms with Crippen molar-refractivity contribution >= 4 is 0 Å². The first-order chi connectivity index (χ1) is 5.34. The topological polar surface area (TPSA) is 48.0 Å². The Morgan fingerprint density at radius 3 is 3.00 bits per heavy atom. The highest BCUT2D eigenvalue weighted by molar-refractivity contribution is 4.51. The predicted octanol–water partition coefficient (Wildman–Crippen LogP) is 1.03. The average Bonchev–Trinajstić information content (AvgIpc) is 2.37. The number of rotatable bonds is 4. The highest BCUT2D eigenvalue weighted by atomic mass is 16.4. The van der Waals surface area contributed by atoms with Gasteiger partial charge in [-0.05, 0) is 6.42 Å². The molecule has 0 atom stereocenters. The van der Waals surface area contributed by atoms with Gasteiger partial charge in [0.1, 0.15) is 0 Å². The fourth-order valence-corrected chi connectivity index (χ4v) is 0.894. The third-order valence-corrected chi connectivity index (χ3v) is 1.52. The molecular formula is C7H12N2O2. The van der Waals surface area contributed by atoms with Crippen molar-refractivity contribution < 1.29 is 4.42 Å². The zero-order valence-corrected chi connectivity index (χ0v) is 6.62. The number of aromatic nitrogens is 2. The lowest BCUT2D eigenvalue weighted by Gasteiger charge is -1.94. The van der Waals surface area contributed by atoms with Gasteiger partial charge in [-0.15, -0.1) is 5.10 Å². The highest BCUT2D eigenvalue weighted by Gasteiger charge is 1.97. The first kappa shape index (κ1) is 8.04. The summed E-state index contributed by atoms with van der Waals surface area (Å²) in [6.45, 7) is 2.79. The van der Waals surface area contributed by atoms with Crippen molar-refractivity contribution in [1.82, 2.24) is 9.78 Å². The summed E-state index contributed by atoms with van der Waals surface area (Å²) in [6, 6.07) is 0. The quantitative estimate of drug-likeness (QED) is 0.611. The van der Waals surface area contributed by atoms with Crippen LogP contribution in [0.4, 0.5) is 0 Å². The van der Waals surface area contributed by atoms with Gasteiger partial charge in [0.15, 0.2) is 0 Å². The van der Waals surface area contributed by atoms with E-state index in [1.807, 2.05) is 0 Å². The third kappa shape index (κ3) is 2.22. The van der Waals surface area contributed by atoms with Gasteiger partial charge in [0, 0.05) is 6.54 Å². The van der Waals surface area contributed by atoms with Crippen LogP contribution in [0, 0.1) is 0 Å². The van der Waals surface area contributed by atoms with Gasteiger partial charge in [-0.2, -0.15) is 4.68 Å². The van der Waals surface area contributed by atoms with Crippen LogP contribution >= 0.6 is 0 Å². The Labute approximate surface area is 64.8 Å². The fourth-order valence-electron chi connectivity index (χ4n) is 0.894. The Bertz CT molecular complexity index is 251. The van der Waals surface area contributed by atoms with E-state index in [0.29, 0.717) is 6.54 Å². The molecule has 0 saturated heterocycles. The maximum atomic E-state index is 10.7. The van der Waals surface area contributed by atoms with Crippen molar-refractivity contribution in [3.05, 3.63) is 16.9 Å². The van der Waals surface area contributed by atoms with Gasteiger partial charge in [0.2, 0.25) is 6.39 Å². The number of hydrogen-bond donors (Lipinski definition) is 0. The van der Waals surface area contributed by atoms with Gasteiger partial charge in [-0.25, -0.2) is 4.79 Å². The number of unbranched alkanes of at least 4 members (excludes halogenated alkanes) is 2. The minimum absolute atomic E-state index is 0.360. The molecule has 0 unspecified atom stereocenters. The summed E-state index contributed by atoms with van der Waals surface area (Å²) in [6.07, 6.45) is 4.43. The molecule has 1 heterocycles. The summed E-state index contributed by atoms with van der Waals surface area (Å²) < 4.78 is 5.83. The molecule has 0 aliphatic rings. The van der Waals surface area contributed by atoms with Gasteiger partial charge < -0.3 is 4.42 Å². The van der Waals surface area contributed by atoms with Crippen molar-refractivity contribution in [3.63, 3.8) is 0 Å². The zero-order chi connectivity index (χ0) is 8.10. The molecule has 62 valence electrons. The minimum atomic E-state index is -0.360. The molecule has 0 N–H and O–H groups in total. The van der Waals surface area contributed by atoms with Gasteiger partial charge in [-0.3, -0.25) is 0 Å².